The van der Waals surface area contributed by atoms with E-state index in [1.165, 1.54) is 13.2 Å². The molecule has 0 aromatic heterocycles. The maximum absolute atomic E-state index is 13.6. The van der Waals surface area contributed by atoms with Crippen molar-refractivity contribution in [2.45, 2.75) is 13.0 Å². The van der Waals surface area contributed by atoms with Crippen LogP contribution in [-0.4, -0.2) is 45.3 Å². The number of methoxy groups -OCH3 is 2. The van der Waals surface area contributed by atoms with Crippen molar-refractivity contribution >= 4 is 17.3 Å². The molecule has 0 N–H and O–H groups in total. The highest BCUT2D eigenvalue weighted by atomic mass is 35.5. The number of rotatable bonds is 5. The van der Waals surface area contributed by atoms with Gasteiger partial charge in [0.2, 0.25) is 0 Å². The maximum Gasteiger partial charge on any atom is 0.165 e. The minimum atomic E-state index is -0.329. The van der Waals surface area contributed by atoms with Gasteiger partial charge >= 0.3 is 0 Å². The second-order valence-corrected chi connectivity index (χ2v) is 6.82. The molecule has 26 heavy (non-hydrogen) atoms. The average molecular weight is 379 g/mol. The number of halogens is 2. The number of ether oxygens (including phenoxy) is 2. The van der Waals surface area contributed by atoms with Gasteiger partial charge < -0.3 is 14.4 Å². The van der Waals surface area contributed by atoms with Gasteiger partial charge in [-0.05, 0) is 36.8 Å². The summed E-state index contributed by atoms with van der Waals surface area (Å²) in [6.07, 6.45) is 0. The molecule has 140 valence electrons. The van der Waals surface area contributed by atoms with Crippen molar-refractivity contribution in [1.82, 2.24) is 4.90 Å². The van der Waals surface area contributed by atoms with E-state index in [-0.39, 0.29) is 11.9 Å². The van der Waals surface area contributed by atoms with Crippen molar-refractivity contribution in [1.29, 1.82) is 0 Å². The molecular formula is C20H24ClFN2O2. The number of piperazine rings is 1. The van der Waals surface area contributed by atoms with Gasteiger partial charge in [0.05, 0.1) is 19.2 Å². The molecule has 0 bridgehead atoms. The Kier molecular flexibility index (Phi) is 5.89. The van der Waals surface area contributed by atoms with E-state index in [0.29, 0.717) is 16.5 Å². The molecule has 0 radical (unpaired) electrons. The first-order valence-corrected chi connectivity index (χ1v) is 9.07. The van der Waals surface area contributed by atoms with Crippen LogP contribution in [0.4, 0.5) is 10.1 Å². The fourth-order valence-corrected chi connectivity index (χ4v) is 3.55. The van der Waals surface area contributed by atoms with Crippen molar-refractivity contribution in [3.8, 4) is 11.5 Å². The minimum Gasteiger partial charge on any atom is -0.495 e. The molecule has 1 aliphatic heterocycles. The van der Waals surface area contributed by atoms with E-state index >= 15 is 0 Å². The van der Waals surface area contributed by atoms with Gasteiger partial charge in [0.25, 0.3) is 0 Å². The van der Waals surface area contributed by atoms with Crippen LogP contribution in [0.2, 0.25) is 5.02 Å². The highest BCUT2D eigenvalue weighted by Gasteiger charge is 2.23. The van der Waals surface area contributed by atoms with Crippen LogP contribution in [0.3, 0.4) is 0 Å². The third kappa shape index (κ3) is 3.89. The van der Waals surface area contributed by atoms with Crippen molar-refractivity contribution < 1.29 is 13.9 Å². The predicted molar refractivity (Wildman–Crippen MR) is 103 cm³/mol. The Balaban J connectivity index is 1.66. The van der Waals surface area contributed by atoms with Crippen LogP contribution in [0.1, 0.15) is 18.5 Å². The molecule has 1 aliphatic rings. The van der Waals surface area contributed by atoms with Gasteiger partial charge in [0.1, 0.15) is 5.75 Å². The van der Waals surface area contributed by atoms with E-state index in [9.17, 15) is 4.39 Å². The normalized spacial score (nSPS) is 16.4. The van der Waals surface area contributed by atoms with Crippen LogP contribution in [0, 0.1) is 5.82 Å². The van der Waals surface area contributed by atoms with Gasteiger partial charge in [-0.15, -0.1) is 0 Å². The smallest absolute Gasteiger partial charge is 0.165 e. The molecule has 0 saturated carbocycles. The van der Waals surface area contributed by atoms with E-state index in [2.05, 4.69) is 16.7 Å². The SMILES string of the molecule is COc1cc(C(C)N2CCN(c3ccc(Cl)c(OC)c3)CC2)ccc1F. The lowest BCUT2D eigenvalue weighted by Crippen LogP contribution is -2.47. The summed E-state index contributed by atoms with van der Waals surface area (Å²) in [6.45, 7) is 5.81. The van der Waals surface area contributed by atoms with E-state index in [1.807, 2.05) is 24.3 Å². The van der Waals surface area contributed by atoms with Crippen LogP contribution in [0.25, 0.3) is 0 Å². The zero-order valence-electron chi connectivity index (χ0n) is 15.3. The summed E-state index contributed by atoms with van der Waals surface area (Å²) in [4.78, 5) is 4.73. The van der Waals surface area contributed by atoms with Gasteiger partial charge in [-0.3, -0.25) is 4.90 Å². The van der Waals surface area contributed by atoms with E-state index in [1.54, 1.807) is 13.2 Å². The minimum absolute atomic E-state index is 0.200. The lowest BCUT2D eigenvalue weighted by atomic mass is 10.1. The van der Waals surface area contributed by atoms with E-state index < -0.39 is 0 Å². The number of nitrogens with zero attached hydrogens (tertiary/aromatic N) is 2. The first-order chi connectivity index (χ1) is 12.5. The first-order valence-electron chi connectivity index (χ1n) is 8.69. The van der Waals surface area contributed by atoms with Crippen LogP contribution in [0.5, 0.6) is 11.5 Å². The monoisotopic (exact) mass is 378 g/mol. The summed E-state index contributed by atoms with van der Waals surface area (Å²) in [5, 5.41) is 0.619. The Hall–Kier alpha value is -1.98. The van der Waals surface area contributed by atoms with Gasteiger partial charge in [-0.1, -0.05) is 17.7 Å². The molecule has 1 unspecified atom stereocenters. The van der Waals surface area contributed by atoms with Crippen molar-refractivity contribution in [2.24, 2.45) is 0 Å². The third-order valence-electron chi connectivity index (χ3n) is 5.02. The Bertz CT molecular complexity index is 763. The molecule has 3 rings (SSSR count). The predicted octanol–water partition coefficient (Wildman–Crippen LogP) is 4.38. The Morgan fingerprint density at radius 3 is 2.31 bits per heavy atom. The Morgan fingerprint density at radius 1 is 0.962 bits per heavy atom. The standard InChI is InChI=1S/C20H24ClFN2O2/c1-14(15-4-7-18(22)20(12-15)26-3)23-8-10-24(11-9-23)16-5-6-17(21)19(13-16)25-2/h4-7,12-14H,8-11H2,1-3H3. The first kappa shape index (κ1) is 18.8. The Labute approximate surface area is 159 Å². The summed E-state index contributed by atoms with van der Waals surface area (Å²) >= 11 is 6.11. The molecule has 4 nitrogen and oxygen atoms in total. The molecule has 6 heteroatoms. The second kappa shape index (κ2) is 8.14. The average Bonchev–Trinajstić information content (AvgIpc) is 2.68. The number of hydrogen-bond donors (Lipinski definition) is 0. The summed E-state index contributed by atoms with van der Waals surface area (Å²) in [6, 6.07) is 11.2. The zero-order chi connectivity index (χ0) is 18.7. The lowest BCUT2D eigenvalue weighted by Gasteiger charge is -2.39. The molecule has 0 spiro atoms. The molecule has 2 aromatic carbocycles. The molecule has 1 atom stereocenters. The van der Waals surface area contributed by atoms with Crippen molar-refractivity contribution in [3.05, 3.63) is 52.8 Å². The van der Waals surface area contributed by atoms with E-state index in [0.717, 1.165) is 37.4 Å². The molecular weight excluding hydrogens is 355 g/mol. The molecule has 0 amide bonds. The largest absolute Gasteiger partial charge is 0.495 e. The molecule has 1 fully saturated rings. The van der Waals surface area contributed by atoms with Gasteiger partial charge in [-0.2, -0.15) is 0 Å². The van der Waals surface area contributed by atoms with Crippen LogP contribution < -0.4 is 14.4 Å². The van der Waals surface area contributed by atoms with Gasteiger partial charge in [-0.25, -0.2) is 4.39 Å². The van der Waals surface area contributed by atoms with Crippen LogP contribution in [-0.2, 0) is 0 Å². The zero-order valence-corrected chi connectivity index (χ0v) is 16.1. The highest BCUT2D eigenvalue weighted by Crippen LogP contribution is 2.31. The van der Waals surface area contributed by atoms with E-state index in [4.69, 9.17) is 21.1 Å². The maximum atomic E-state index is 13.6. The van der Waals surface area contributed by atoms with Crippen molar-refractivity contribution in [2.75, 3.05) is 45.3 Å². The molecule has 2 aromatic rings. The van der Waals surface area contributed by atoms with Crippen LogP contribution >= 0.6 is 11.6 Å². The quantitative estimate of drug-likeness (QED) is 0.770. The fourth-order valence-electron chi connectivity index (χ4n) is 3.36. The van der Waals surface area contributed by atoms with Crippen molar-refractivity contribution in [3.63, 3.8) is 0 Å². The lowest BCUT2D eigenvalue weighted by molar-refractivity contribution is 0.198. The highest BCUT2D eigenvalue weighted by molar-refractivity contribution is 6.32. The molecule has 1 heterocycles. The Morgan fingerprint density at radius 2 is 1.65 bits per heavy atom. The summed E-state index contributed by atoms with van der Waals surface area (Å²) in [7, 11) is 3.12. The van der Waals surface area contributed by atoms with Gasteiger partial charge in [0.15, 0.2) is 11.6 Å². The van der Waals surface area contributed by atoms with Crippen LogP contribution in [0.15, 0.2) is 36.4 Å². The molecule has 0 aliphatic carbocycles. The number of benzene rings is 2. The second-order valence-electron chi connectivity index (χ2n) is 6.41. The number of anilines is 1. The van der Waals surface area contributed by atoms with Gasteiger partial charge in [0, 0.05) is 44.0 Å². The summed E-state index contributed by atoms with van der Waals surface area (Å²) in [5.74, 6) is 0.657. The third-order valence-corrected chi connectivity index (χ3v) is 5.33. The summed E-state index contributed by atoms with van der Waals surface area (Å²) < 4.78 is 24.1. The topological polar surface area (TPSA) is 24.9 Å². The number of hydrogen-bond acceptors (Lipinski definition) is 4. The molecule has 1 saturated heterocycles. The fraction of sp³-hybridized carbons (Fsp3) is 0.400. The summed E-state index contributed by atoms with van der Waals surface area (Å²) in [5.41, 5.74) is 2.17.